The van der Waals surface area contributed by atoms with Crippen LogP contribution in [0.3, 0.4) is 0 Å². The van der Waals surface area contributed by atoms with Crippen LogP contribution in [0.5, 0.6) is 0 Å². The lowest BCUT2D eigenvalue weighted by atomic mass is 10.1. The van der Waals surface area contributed by atoms with E-state index in [1.165, 1.54) is 29.4 Å². The predicted molar refractivity (Wildman–Crippen MR) is 131 cm³/mol. The van der Waals surface area contributed by atoms with Gasteiger partial charge in [-0.3, -0.25) is 9.36 Å². The van der Waals surface area contributed by atoms with Crippen LogP contribution in [0.25, 0.3) is 27.8 Å². The fourth-order valence-corrected chi connectivity index (χ4v) is 4.26. The number of anilines is 1. The van der Waals surface area contributed by atoms with E-state index in [9.17, 15) is 9.18 Å². The van der Waals surface area contributed by atoms with Crippen LogP contribution in [0.15, 0.2) is 47.8 Å². The van der Waals surface area contributed by atoms with E-state index in [0.717, 1.165) is 0 Å². The Morgan fingerprint density at radius 2 is 1.94 bits per heavy atom. The second-order valence-corrected chi connectivity index (χ2v) is 8.59. The van der Waals surface area contributed by atoms with Gasteiger partial charge < -0.3 is 10.3 Å². The van der Waals surface area contributed by atoms with E-state index >= 15 is 0 Å². The van der Waals surface area contributed by atoms with E-state index in [4.69, 9.17) is 39.8 Å². The molecule has 0 spiro atoms. The molecule has 0 aliphatic heterocycles. The molecule has 12 heteroatoms. The Kier molecular flexibility index (Phi) is 5.85. The quantitative estimate of drug-likeness (QED) is 0.309. The lowest BCUT2D eigenvalue weighted by Crippen LogP contribution is -2.28. The van der Waals surface area contributed by atoms with Gasteiger partial charge in [0, 0.05) is 0 Å². The molecule has 34 heavy (non-hydrogen) atoms. The highest BCUT2D eigenvalue weighted by molar-refractivity contribution is 6.42. The molecule has 3 aromatic heterocycles. The molecule has 2 N–H and O–H groups in total. The lowest BCUT2D eigenvalue weighted by Gasteiger charge is -2.22. The highest BCUT2D eigenvalue weighted by Crippen LogP contribution is 2.30. The summed E-state index contributed by atoms with van der Waals surface area (Å²) in [6.07, 6.45) is 3.43. The lowest BCUT2D eigenvalue weighted by molar-refractivity contribution is 0.628. The molecule has 0 bridgehead atoms. The summed E-state index contributed by atoms with van der Waals surface area (Å²) in [6, 6.07) is 6.85. The Labute approximate surface area is 206 Å². The number of aromatic nitrogens is 6. The Hall–Kier alpha value is -3.27. The zero-order chi connectivity index (χ0) is 24.0. The van der Waals surface area contributed by atoms with Crippen LogP contribution in [0.4, 0.5) is 10.2 Å². The maximum atomic E-state index is 14.2. The largest absolute Gasteiger partial charge is 0.358 e. The molecule has 8 nitrogen and oxygen atoms in total. The number of nitrogens with zero attached hydrogens (tertiary/aromatic N) is 5. The third-order valence-corrected chi connectivity index (χ3v) is 6.48. The van der Waals surface area contributed by atoms with Crippen LogP contribution in [0, 0.1) is 5.82 Å². The summed E-state index contributed by atoms with van der Waals surface area (Å²) in [7, 11) is 0. The Morgan fingerprint density at radius 3 is 2.71 bits per heavy atom. The molecule has 0 amide bonds. The monoisotopic (exact) mass is 517 g/mol. The van der Waals surface area contributed by atoms with E-state index in [0.29, 0.717) is 39.9 Å². The van der Waals surface area contributed by atoms with Crippen molar-refractivity contribution in [3.8, 4) is 5.69 Å². The summed E-state index contributed by atoms with van der Waals surface area (Å²) < 4.78 is 15.6. The van der Waals surface area contributed by atoms with Crippen molar-refractivity contribution in [2.45, 2.75) is 19.4 Å². The van der Waals surface area contributed by atoms with Gasteiger partial charge in [0.05, 0.1) is 44.0 Å². The molecule has 0 saturated carbocycles. The van der Waals surface area contributed by atoms with Gasteiger partial charge in [-0.25, -0.2) is 24.3 Å². The van der Waals surface area contributed by atoms with Crippen molar-refractivity contribution in [2.75, 3.05) is 5.32 Å². The maximum absolute atomic E-state index is 14.2. The summed E-state index contributed by atoms with van der Waals surface area (Å²) >= 11 is 18.5. The first-order valence-corrected chi connectivity index (χ1v) is 11.3. The van der Waals surface area contributed by atoms with E-state index in [-0.39, 0.29) is 20.9 Å². The molecule has 0 radical (unpaired) electrons. The number of H-pyrrole nitrogens is 1. The van der Waals surface area contributed by atoms with Crippen LogP contribution >= 0.6 is 34.8 Å². The summed E-state index contributed by atoms with van der Waals surface area (Å²) in [4.78, 5) is 34.0. The van der Waals surface area contributed by atoms with E-state index in [1.54, 1.807) is 18.2 Å². The molecular weight excluding hydrogens is 504 g/mol. The van der Waals surface area contributed by atoms with Crippen LogP contribution < -0.4 is 10.9 Å². The van der Waals surface area contributed by atoms with Gasteiger partial charge in [-0.1, -0.05) is 41.7 Å². The van der Waals surface area contributed by atoms with Gasteiger partial charge >= 0.3 is 0 Å². The van der Waals surface area contributed by atoms with Gasteiger partial charge in [-0.2, -0.15) is 0 Å². The topological polar surface area (TPSA) is 101 Å². The van der Waals surface area contributed by atoms with E-state index in [1.807, 2.05) is 6.92 Å². The fourth-order valence-electron chi connectivity index (χ4n) is 3.72. The Morgan fingerprint density at radius 1 is 1.12 bits per heavy atom. The minimum Gasteiger partial charge on any atom is -0.358 e. The third-order valence-electron chi connectivity index (χ3n) is 5.37. The number of halogens is 4. The van der Waals surface area contributed by atoms with Crippen molar-refractivity contribution in [2.24, 2.45) is 0 Å². The average Bonchev–Trinajstić information content (AvgIpc) is 3.31. The van der Waals surface area contributed by atoms with E-state index < -0.39 is 17.4 Å². The minimum absolute atomic E-state index is 0.0377. The third kappa shape index (κ3) is 3.75. The molecule has 5 rings (SSSR count). The molecule has 1 atom stereocenters. The molecule has 0 aliphatic carbocycles. The maximum Gasteiger partial charge on any atom is 0.267 e. The number of rotatable bonds is 5. The summed E-state index contributed by atoms with van der Waals surface area (Å²) in [6.45, 7) is 1.93. The molecule has 0 aliphatic rings. The number of hydrogen-bond acceptors (Lipinski definition) is 6. The van der Waals surface area contributed by atoms with Crippen molar-refractivity contribution < 1.29 is 4.39 Å². The molecule has 172 valence electrons. The highest BCUT2D eigenvalue weighted by Gasteiger charge is 2.24. The normalized spacial score (nSPS) is 12.4. The molecule has 0 fully saturated rings. The van der Waals surface area contributed by atoms with Gasteiger partial charge in [0.1, 0.15) is 23.5 Å². The first-order valence-electron chi connectivity index (χ1n) is 10.2. The number of hydrogen-bond donors (Lipinski definition) is 2. The Balaban J connectivity index is 1.77. The molecular formula is C22H15Cl3FN7O. The van der Waals surface area contributed by atoms with Crippen LogP contribution in [-0.2, 0) is 0 Å². The van der Waals surface area contributed by atoms with Crippen molar-refractivity contribution in [1.29, 1.82) is 0 Å². The smallest absolute Gasteiger partial charge is 0.267 e. The molecule has 3 heterocycles. The zero-order valence-electron chi connectivity index (χ0n) is 17.5. The van der Waals surface area contributed by atoms with Crippen LogP contribution in [0.2, 0.25) is 15.1 Å². The average molecular weight is 519 g/mol. The predicted octanol–water partition coefficient (Wildman–Crippen LogP) is 5.71. The first kappa shape index (κ1) is 22.5. The van der Waals surface area contributed by atoms with Gasteiger partial charge in [-0.05, 0) is 36.8 Å². The summed E-state index contributed by atoms with van der Waals surface area (Å²) in [5.41, 5.74) is 1.21. The molecule has 5 aromatic rings. The SMILES string of the molecule is CC[C@H](Nc1ncnc2nc[nH]c12)c1nc2ccc(F)c(Cl)c2c(=O)n1-c1ccc(Cl)c(Cl)c1. The van der Waals surface area contributed by atoms with Gasteiger partial charge in [0.25, 0.3) is 5.56 Å². The number of aromatic amines is 1. The number of nitrogens with one attached hydrogen (secondary N) is 2. The second-order valence-electron chi connectivity index (χ2n) is 7.39. The number of benzene rings is 2. The highest BCUT2D eigenvalue weighted by atomic mass is 35.5. The van der Waals surface area contributed by atoms with E-state index in [2.05, 4.69) is 25.3 Å². The van der Waals surface area contributed by atoms with Gasteiger partial charge in [0.15, 0.2) is 11.5 Å². The van der Waals surface area contributed by atoms with Gasteiger partial charge in [0.2, 0.25) is 0 Å². The minimum atomic E-state index is -0.714. The summed E-state index contributed by atoms with van der Waals surface area (Å²) in [5.74, 6) is 0.128. The summed E-state index contributed by atoms with van der Waals surface area (Å²) in [5, 5.41) is 3.55. The standard InChI is InChI=1S/C22H15Cl3FN7O/c1-2-14(31-20-18-19(28-8-27-18)29-9-30-20)21-32-15-6-5-13(26)17(25)16(15)22(34)33(21)10-3-4-11(23)12(24)7-10/h3-9,14H,2H2,1H3,(H2,27,28,29,30,31)/t14-/m0/s1. The van der Waals surface area contributed by atoms with Crippen molar-refractivity contribution in [1.82, 2.24) is 29.5 Å². The van der Waals surface area contributed by atoms with Gasteiger partial charge in [-0.15, -0.1) is 0 Å². The zero-order valence-corrected chi connectivity index (χ0v) is 19.7. The number of imidazole rings is 1. The number of fused-ring (bicyclic) bond motifs is 2. The van der Waals surface area contributed by atoms with Crippen molar-refractivity contribution >= 4 is 62.7 Å². The second kappa shape index (κ2) is 8.83. The molecule has 0 unspecified atom stereocenters. The van der Waals surface area contributed by atoms with Crippen molar-refractivity contribution in [3.05, 3.63) is 80.0 Å². The first-order chi connectivity index (χ1) is 16.4. The molecule has 0 saturated heterocycles. The van der Waals surface area contributed by atoms with Crippen LogP contribution in [0.1, 0.15) is 25.2 Å². The van der Waals surface area contributed by atoms with Crippen molar-refractivity contribution in [3.63, 3.8) is 0 Å². The Bertz CT molecular complexity index is 1620. The molecule has 2 aromatic carbocycles. The van der Waals surface area contributed by atoms with Crippen LogP contribution in [-0.4, -0.2) is 29.5 Å². The fraction of sp³-hybridized carbons (Fsp3) is 0.136.